The van der Waals surface area contributed by atoms with Crippen LogP contribution in [0.4, 0.5) is 15.8 Å². The molecule has 5 heteroatoms. The van der Waals surface area contributed by atoms with Crippen LogP contribution in [0.5, 0.6) is 0 Å². The van der Waals surface area contributed by atoms with Gasteiger partial charge in [-0.25, -0.2) is 4.39 Å². The molecule has 14 heavy (non-hydrogen) atoms. The number of amides is 1. The quantitative estimate of drug-likeness (QED) is 0.614. The zero-order chi connectivity index (χ0) is 10.1. The van der Waals surface area contributed by atoms with Gasteiger partial charge in [0.15, 0.2) is 0 Å². The molecule has 0 saturated heterocycles. The van der Waals surface area contributed by atoms with Crippen molar-refractivity contribution in [3.63, 3.8) is 0 Å². The van der Waals surface area contributed by atoms with Gasteiger partial charge in [0.2, 0.25) is 5.91 Å². The van der Waals surface area contributed by atoms with Crippen LogP contribution in [-0.4, -0.2) is 23.7 Å². The predicted molar refractivity (Wildman–Crippen MR) is 49.5 cm³/mol. The van der Waals surface area contributed by atoms with E-state index in [0.29, 0.717) is 11.4 Å². The van der Waals surface area contributed by atoms with Crippen LogP contribution in [0.2, 0.25) is 0 Å². The third-order valence-corrected chi connectivity index (χ3v) is 2.07. The van der Waals surface area contributed by atoms with Gasteiger partial charge in [-0.3, -0.25) is 4.79 Å². The number of hydrogen-bond acceptors (Lipinski definition) is 3. The van der Waals surface area contributed by atoms with Crippen LogP contribution in [0, 0.1) is 5.82 Å². The molecule has 1 heterocycles. The molecule has 4 nitrogen and oxygen atoms in total. The fraction of sp³-hybridized carbons (Fsp3) is 0.222. The summed E-state index contributed by atoms with van der Waals surface area (Å²) >= 11 is 0. The maximum absolute atomic E-state index is 12.8. The van der Waals surface area contributed by atoms with E-state index in [1.807, 2.05) is 0 Å². The van der Waals surface area contributed by atoms with Crippen LogP contribution in [0.25, 0.3) is 0 Å². The van der Waals surface area contributed by atoms with E-state index in [0.717, 1.165) is 0 Å². The lowest BCUT2D eigenvalue weighted by Gasteiger charge is -2.25. The van der Waals surface area contributed by atoms with Crippen LogP contribution in [-0.2, 0) is 4.79 Å². The average molecular weight is 196 g/mol. The maximum Gasteiger partial charge on any atom is 0.249 e. The van der Waals surface area contributed by atoms with Gasteiger partial charge in [0.25, 0.3) is 0 Å². The lowest BCUT2D eigenvalue weighted by molar-refractivity contribution is -0.117. The SMILES string of the molecule is O=C1Nc2ccc(F)cc2N[C@H]1CO. The molecule has 1 aliphatic rings. The highest BCUT2D eigenvalue weighted by molar-refractivity contribution is 6.02. The van der Waals surface area contributed by atoms with Crippen LogP contribution in [0.1, 0.15) is 0 Å². The molecule has 74 valence electrons. The number of carbonyl (C=O) groups excluding carboxylic acids is 1. The van der Waals surface area contributed by atoms with Crippen LogP contribution >= 0.6 is 0 Å². The summed E-state index contributed by atoms with van der Waals surface area (Å²) in [5.74, 6) is -0.698. The standard InChI is InChI=1S/C9H9FN2O2/c10-5-1-2-6-7(3-5)11-8(4-13)9(14)12-6/h1-3,8,11,13H,4H2,(H,12,14)/t8-/m0/s1. The molecule has 1 amide bonds. The fourth-order valence-corrected chi connectivity index (χ4v) is 1.35. The van der Waals surface area contributed by atoms with Crippen molar-refractivity contribution in [1.29, 1.82) is 0 Å². The number of carbonyl (C=O) groups is 1. The van der Waals surface area contributed by atoms with E-state index in [4.69, 9.17) is 5.11 Å². The Morgan fingerprint density at radius 2 is 2.21 bits per heavy atom. The molecule has 1 aliphatic heterocycles. The summed E-state index contributed by atoms with van der Waals surface area (Å²) in [7, 11) is 0. The largest absolute Gasteiger partial charge is 0.394 e. The summed E-state index contributed by atoms with van der Waals surface area (Å²) in [5, 5.41) is 14.1. The van der Waals surface area contributed by atoms with Gasteiger partial charge >= 0.3 is 0 Å². The van der Waals surface area contributed by atoms with E-state index < -0.39 is 6.04 Å². The molecule has 1 atom stereocenters. The van der Waals surface area contributed by atoms with Crippen molar-refractivity contribution in [3.8, 4) is 0 Å². The Labute approximate surface area is 79.7 Å². The first-order chi connectivity index (χ1) is 6.70. The number of nitrogens with one attached hydrogen (secondary N) is 2. The van der Waals surface area contributed by atoms with Gasteiger partial charge in [-0.2, -0.15) is 0 Å². The highest BCUT2D eigenvalue weighted by Gasteiger charge is 2.24. The normalized spacial score (nSPS) is 19.6. The molecule has 0 aliphatic carbocycles. The van der Waals surface area contributed by atoms with Crippen LogP contribution in [0.3, 0.4) is 0 Å². The van der Waals surface area contributed by atoms with E-state index in [1.54, 1.807) is 0 Å². The lowest BCUT2D eigenvalue weighted by atomic mass is 10.1. The Hall–Kier alpha value is -1.62. The fourth-order valence-electron chi connectivity index (χ4n) is 1.35. The van der Waals surface area contributed by atoms with E-state index in [2.05, 4.69) is 10.6 Å². The second-order valence-electron chi connectivity index (χ2n) is 3.06. The van der Waals surface area contributed by atoms with Crippen molar-refractivity contribution < 1.29 is 14.3 Å². The van der Waals surface area contributed by atoms with Crippen molar-refractivity contribution in [2.45, 2.75) is 6.04 Å². The third-order valence-electron chi connectivity index (χ3n) is 2.07. The highest BCUT2D eigenvalue weighted by atomic mass is 19.1. The van der Waals surface area contributed by atoms with Gasteiger partial charge in [-0.05, 0) is 18.2 Å². The zero-order valence-electron chi connectivity index (χ0n) is 7.25. The minimum absolute atomic E-state index is 0.313. The molecule has 0 saturated carbocycles. The van der Waals surface area contributed by atoms with Crippen molar-refractivity contribution in [1.82, 2.24) is 0 Å². The predicted octanol–water partition coefficient (Wildman–Crippen LogP) is 0.551. The first kappa shape index (κ1) is 8.96. The van der Waals surface area contributed by atoms with Crippen molar-refractivity contribution >= 4 is 17.3 Å². The molecule has 2 rings (SSSR count). The summed E-state index contributed by atoms with van der Waals surface area (Å²) in [6, 6.07) is 3.31. The van der Waals surface area contributed by atoms with E-state index >= 15 is 0 Å². The Kier molecular flexibility index (Phi) is 2.09. The van der Waals surface area contributed by atoms with E-state index in [-0.39, 0.29) is 18.3 Å². The van der Waals surface area contributed by atoms with Gasteiger partial charge in [0.1, 0.15) is 11.9 Å². The van der Waals surface area contributed by atoms with E-state index in [9.17, 15) is 9.18 Å². The molecule has 3 N–H and O–H groups in total. The minimum Gasteiger partial charge on any atom is -0.394 e. The first-order valence-electron chi connectivity index (χ1n) is 4.18. The lowest BCUT2D eigenvalue weighted by Crippen LogP contribution is -2.41. The van der Waals surface area contributed by atoms with Crippen LogP contribution < -0.4 is 10.6 Å². The van der Waals surface area contributed by atoms with Crippen molar-refractivity contribution in [2.75, 3.05) is 17.2 Å². The average Bonchev–Trinajstić information content (AvgIpc) is 2.17. The van der Waals surface area contributed by atoms with Gasteiger partial charge < -0.3 is 15.7 Å². The number of benzene rings is 1. The number of anilines is 2. The summed E-state index contributed by atoms with van der Waals surface area (Å²) in [5.41, 5.74) is 1.02. The van der Waals surface area contributed by atoms with Gasteiger partial charge in [-0.1, -0.05) is 0 Å². The van der Waals surface area contributed by atoms with Gasteiger partial charge in [-0.15, -0.1) is 0 Å². The Morgan fingerprint density at radius 3 is 2.93 bits per heavy atom. The molecule has 0 spiro atoms. The monoisotopic (exact) mass is 196 g/mol. The summed E-state index contributed by atoms with van der Waals surface area (Å²) < 4.78 is 12.8. The zero-order valence-corrected chi connectivity index (χ0v) is 7.25. The number of aliphatic hydroxyl groups is 1. The molecule has 0 aromatic heterocycles. The molecule has 0 fully saturated rings. The molecule has 0 radical (unpaired) electrons. The number of hydrogen-bond donors (Lipinski definition) is 3. The Bertz CT molecular complexity index is 381. The number of rotatable bonds is 1. The molecule has 1 aromatic carbocycles. The van der Waals surface area contributed by atoms with Crippen molar-refractivity contribution in [2.24, 2.45) is 0 Å². The Balaban J connectivity index is 2.36. The smallest absolute Gasteiger partial charge is 0.249 e. The van der Waals surface area contributed by atoms with Crippen LogP contribution in [0.15, 0.2) is 18.2 Å². The number of fused-ring (bicyclic) bond motifs is 1. The second kappa shape index (κ2) is 3.26. The van der Waals surface area contributed by atoms with Gasteiger partial charge in [0.05, 0.1) is 18.0 Å². The van der Waals surface area contributed by atoms with Gasteiger partial charge in [0, 0.05) is 0 Å². The summed E-state index contributed by atoms with van der Waals surface area (Å²) in [4.78, 5) is 11.2. The molecular weight excluding hydrogens is 187 g/mol. The summed E-state index contributed by atoms with van der Waals surface area (Å²) in [6.45, 7) is -0.318. The maximum atomic E-state index is 12.8. The topological polar surface area (TPSA) is 61.4 Å². The second-order valence-corrected chi connectivity index (χ2v) is 3.06. The highest BCUT2D eigenvalue weighted by Crippen LogP contribution is 2.26. The minimum atomic E-state index is -0.704. The number of aliphatic hydroxyl groups excluding tert-OH is 1. The third kappa shape index (κ3) is 1.42. The Morgan fingerprint density at radius 1 is 1.43 bits per heavy atom. The van der Waals surface area contributed by atoms with Crippen molar-refractivity contribution in [3.05, 3.63) is 24.0 Å². The number of halogens is 1. The van der Waals surface area contributed by atoms with E-state index in [1.165, 1.54) is 18.2 Å². The molecule has 0 bridgehead atoms. The molecule has 0 unspecified atom stereocenters. The first-order valence-corrected chi connectivity index (χ1v) is 4.18. The molecular formula is C9H9FN2O2. The molecule has 1 aromatic rings. The summed E-state index contributed by atoms with van der Waals surface area (Å²) in [6.07, 6.45) is 0.